The van der Waals surface area contributed by atoms with Crippen LogP contribution in [-0.4, -0.2) is 13.1 Å². The maximum Gasteiger partial charge on any atom is 0.126 e. The van der Waals surface area contributed by atoms with E-state index in [9.17, 15) is 4.39 Å². The monoisotopic (exact) mass is 210 g/mol. The van der Waals surface area contributed by atoms with Gasteiger partial charge in [-0.3, -0.25) is 0 Å². The summed E-state index contributed by atoms with van der Waals surface area (Å²) in [6.07, 6.45) is 0. The van der Waals surface area contributed by atoms with Crippen LogP contribution in [0.1, 0.15) is 24.0 Å². The van der Waals surface area contributed by atoms with Gasteiger partial charge in [0.15, 0.2) is 0 Å². The standard InChI is InChI=1S/C12H19FN2/c1-8-5-10(3-4-12(8)13)9(2)11(6-14)7-15/h3-5,9,11H,6-7,14-15H2,1-2H3. The third-order valence-electron chi connectivity index (χ3n) is 3.02. The van der Waals surface area contributed by atoms with Gasteiger partial charge < -0.3 is 11.5 Å². The van der Waals surface area contributed by atoms with Crippen molar-refractivity contribution in [1.82, 2.24) is 0 Å². The highest BCUT2D eigenvalue weighted by Gasteiger charge is 2.16. The van der Waals surface area contributed by atoms with E-state index in [2.05, 4.69) is 6.92 Å². The second-order valence-electron chi connectivity index (χ2n) is 4.03. The normalized spacial score (nSPS) is 13.2. The van der Waals surface area contributed by atoms with Gasteiger partial charge in [-0.05, 0) is 49.0 Å². The van der Waals surface area contributed by atoms with E-state index in [-0.39, 0.29) is 17.7 Å². The summed E-state index contributed by atoms with van der Waals surface area (Å²) < 4.78 is 13.1. The average Bonchev–Trinajstić information content (AvgIpc) is 2.23. The van der Waals surface area contributed by atoms with E-state index in [0.29, 0.717) is 18.7 Å². The highest BCUT2D eigenvalue weighted by Crippen LogP contribution is 2.24. The zero-order chi connectivity index (χ0) is 11.4. The van der Waals surface area contributed by atoms with Gasteiger partial charge in [0.2, 0.25) is 0 Å². The first-order valence-corrected chi connectivity index (χ1v) is 5.26. The molecule has 2 nitrogen and oxygen atoms in total. The van der Waals surface area contributed by atoms with Crippen LogP contribution >= 0.6 is 0 Å². The number of benzene rings is 1. The minimum atomic E-state index is -0.164. The first-order chi connectivity index (χ1) is 7.10. The predicted molar refractivity (Wildman–Crippen MR) is 61.2 cm³/mol. The van der Waals surface area contributed by atoms with Crippen LogP contribution in [0.3, 0.4) is 0 Å². The SMILES string of the molecule is Cc1cc(C(C)C(CN)CN)ccc1F. The van der Waals surface area contributed by atoms with E-state index in [1.165, 1.54) is 6.07 Å². The van der Waals surface area contributed by atoms with E-state index in [0.717, 1.165) is 5.56 Å². The van der Waals surface area contributed by atoms with Crippen molar-refractivity contribution in [1.29, 1.82) is 0 Å². The molecule has 84 valence electrons. The van der Waals surface area contributed by atoms with Gasteiger partial charge in [-0.25, -0.2) is 4.39 Å². The van der Waals surface area contributed by atoms with Crippen molar-refractivity contribution in [3.05, 3.63) is 35.1 Å². The Labute approximate surface area is 90.5 Å². The van der Waals surface area contributed by atoms with Crippen LogP contribution < -0.4 is 11.5 Å². The van der Waals surface area contributed by atoms with Crippen LogP contribution in [0.25, 0.3) is 0 Å². The Hall–Kier alpha value is -0.930. The first kappa shape index (κ1) is 12.1. The van der Waals surface area contributed by atoms with Crippen LogP contribution in [0, 0.1) is 18.7 Å². The molecule has 0 aliphatic carbocycles. The number of rotatable bonds is 4. The lowest BCUT2D eigenvalue weighted by Crippen LogP contribution is -2.28. The molecule has 0 amide bonds. The summed E-state index contributed by atoms with van der Waals surface area (Å²) in [7, 11) is 0. The molecule has 0 saturated heterocycles. The van der Waals surface area contributed by atoms with Crippen LogP contribution in [0.15, 0.2) is 18.2 Å². The lowest BCUT2D eigenvalue weighted by Gasteiger charge is -2.21. The smallest absolute Gasteiger partial charge is 0.126 e. The molecule has 1 aromatic rings. The molecule has 1 atom stereocenters. The van der Waals surface area contributed by atoms with Gasteiger partial charge in [-0.1, -0.05) is 19.1 Å². The highest BCUT2D eigenvalue weighted by atomic mass is 19.1. The molecule has 15 heavy (non-hydrogen) atoms. The molecule has 1 aromatic carbocycles. The Morgan fingerprint density at radius 1 is 1.27 bits per heavy atom. The summed E-state index contributed by atoms with van der Waals surface area (Å²) in [4.78, 5) is 0. The zero-order valence-electron chi connectivity index (χ0n) is 9.33. The van der Waals surface area contributed by atoms with Crippen LogP contribution in [0.5, 0.6) is 0 Å². The topological polar surface area (TPSA) is 52.0 Å². The maximum absolute atomic E-state index is 13.1. The Kier molecular flexibility index (Phi) is 4.24. The van der Waals surface area contributed by atoms with Crippen molar-refractivity contribution in [2.75, 3.05) is 13.1 Å². The van der Waals surface area contributed by atoms with Gasteiger partial charge in [-0.15, -0.1) is 0 Å². The molecule has 3 heteroatoms. The van der Waals surface area contributed by atoms with E-state index >= 15 is 0 Å². The lowest BCUT2D eigenvalue weighted by atomic mass is 9.87. The van der Waals surface area contributed by atoms with Crippen molar-refractivity contribution in [2.45, 2.75) is 19.8 Å². The van der Waals surface area contributed by atoms with Crippen molar-refractivity contribution in [3.63, 3.8) is 0 Å². The first-order valence-electron chi connectivity index (χ1n) is 5.26. The summed E-state index contributed by atoms with van der Waals surface area (Å²) in [6, 6.07) is 5.19. The number of hydrogen-bond acceptors (Lipinski definition) is 2. The molecule has 0 spiro atoms. The van der Waals surface area contributed by atoms with Crippen LogP contribution in [0.4, 0.5) is 4.39 Å². The molecular weight excluding hydrogens is 191 g/mol. The second-order valence-corrected chi connectivity index (χ2v) is 4.03. The van der Waals surface area contributed by atoms with Gasteiger partial charge in [-0.2, -0.15) is 0 Å². The fraction of sp³-hybridized carbons (Fsp3) is 0.500. The summed E-state index contributed by atoms with van der Waals surface area (Å²) in [6.45, 7) is 4.98. The Morgan fingerprint density at radius 2 is 1.87 bits per heavy atom. The van der Waals surface area contributed by atoms with Crippen molar-refractivity contribution in [2.24, 2.45) is 17.4 Å². The van der Waals surface area contributed by atoms with E-state index < -0.39 is 0 Å². The summed E-state index contributed by atoms with van der Waals surface area (Å²) >= 11 is 0. The Morgan fingerprint density at radius 3 is 2.33 bits per heavy atom. The quantitative estimate of drug-likeness (QED) is 0.795. The fourth-order valence-electron chi connectivity index (χ4n) is 1.73. The third kappa shape index (κ3) is 2.76. The lowest BCUT2D eigenvalue weighted by molar-refractivity contribution is 0.465. The van der Waals surface area contributed by atoms with Gasteiger partial charge >= 0.3 is 0 Å². The summed E-state index contributed by atoms with van der Waals surface area (Å²) in [5.74, 6) is 0.372. The Bertz CT molecular complexity index is 321. The number of nitrogens with two attached hydrogens (primary N) is 2. The molecule has 0 fully saturated rings. The number of hydrogen-bond donors (Lipinski definition) is 2. The molecule has 1 unspecified atom stereocenters. The van der Waals surface area contributed by atoms with E-state index in [1.54, 1.807) is 6.92 Å². The largest absolute Gasteiger partial charge is 0.330 e. The van der Waals surface area contributed by atoms with Gasteiger partial charge in [0.25, 0.3) is 0 Å². The van der Waals surface area contributed by atoms with Crippen LogP contribution in [-0.2, 0) is 0 Å². The van der Waals surface area contributed by atoms with Crippen molar-refractivity contribution < 1.29 is 4.39 Å². The van der Waals surface area contributed by atoms with E-state index in [1.807, 2.05) is 12.1 Å². The molecular formula is C12H19FN2. The van der Waals surface area contributed by atoms with E-state index in [4.69, 9.17) is 11.5 Å². The van der Waals surface area contributed by atoms with Gasteiger partial charge in [0.1, 0.15) is 5.82 Å². The molecule has 0 aliphatic heterocycles. The third-order valence-corrected chi connectivity index (χ3v) is 3.02. The molecule has 0 heterocycles. The molecule has 0 saturated carbocycles. The predicted octanol–water partition coefficient (Wildman–Crippen LogP) is 1.77. The molecule has 1 rings (SSSR count). The zero-order valence-corrected chi connectivity index (χ0v) is 9.33. The van der Waals surface area contributed by atoms with Gasteiger partial charge in [0.05, 0.1) is 0 Å². The molecule has 0 bridgehead atoms. The second kappa shape index (κ2) is 5.24. The van der Waals surface area contributed by atoms with Crippen LogP contribution in [0.2, 0.25) is 0 Å². The highest BCUT2D eigenvalue weighted by molar-refractivity contribution is 5.27. The minimum absolute atomic E-state index is 0.164. The average molecular weight is 210 g/mol. The van der Waals surface area contributed by atoms with Crippen molar-refractivity contribution in [3.8, 4) is 0 Å². The molecule has 4 N–H and O–H groups in total. The molecule has 0 aliphatic rings. The van der Waals surface area contributed by atoms with Gasteiger partial charge in [0, 0.05) is 0 Å². The molecule has 0 radical (unpaired) electrons. The summed E-state index contributed by atoms with van der Waals surface area (Å²) in [5, 5.41) is 0. The summed E-state index contributed by atoms with van der Waals surface area (Å²) in [5.41, 5.74) is 13.1. The fourth-order valence-corrected chi connectivity index (χ4v) is 1.73. The molecule has 0 aromatic heterocycles. The number of aryl methyl sites for hydroxylation is 1. The minimum Gasteiger partial charge on any atom is -0.330 e. The maximum atomic E-state index is 13.1. The number of halogens is 1. The van der Waals surface area contributed by atoms with Crippen molar-refractivity contribution >= 4 is 0 Å². The Balaban J connectivity index is 2.90.